The molecule has 180 valence electrons. The molecule has 4 rings (SSSR count). The monoisotopic (exact) mass is 481 g/mol. The van der Waals surface area contributed by atoms with E-state index < -0.39 is 6.43 Å². The number of anilines is 2. The Bertz CT molecular complexity index is 997. The number of para-hydroxylation sites is 1. The fraction of sp³-hybridized carbons (Fsp3) is 0.522. The summed E-state index contributed by atoms with van der Waals surface area (Å²) in [5.74, 6) is 1.59. The number of thiazole rings is 1. The first-order valence-electron chi connectivity index (χ1n) is 11.1. The van der Waals surface area contributed by atoms with Crippen LogP contribution in [0.5, 0.6) is 0 Å². The first-order valence-corrected chi connectivity index (χ1v) is 11.9. The fourth-order valence-electron chi connectivity index (χ4n) is 3.82. The minimum absolute atomic E-state index is 0.224. The largest absolute Gasteiger partial charge is 0.396 e. The average Bonchev–Trinajstić information content (AvgIpc) is 3.40. The zero-order valence-corrected chi connectivity index (χ0v) is 19.6. The highest BCUT2D eigenvalue weighted by atomic mass is 32.1. The summed E-state index contributed by atoms with van der Waals surface area (Å²) in [4.78, 5) is 14.1. The van der Waals surface area contributed by atoms with Crippen molar-refractivity contribution < 1.29 is 18.3 Å². The minimum Gasteiger partial charge on any atom is -0.396 e. The van der Waals surface area contributed by atoms with Gasteiger partial charge in [-0.2, -0.15) is 4.98 Å². The number of aryl methyl sites for hydroxylation is 1. The quantitative estimate of drug-likeness (QED) is 0.359. The summed E-state index contributed by atoms with van der Waals surface area (Å²) in [5.41, 5.74) is 2.71. The summed E-state index contributed by atoms with van der Waals surface area (Å²) in [6.07, 6.45) is 1.18. The number of aromatic nitrogens is 3. The van der Waals surface area contributed by atoms with Crippen molar-refractivity contribution in [3.05, 3.63) is 30.0 Å². The normalized spacial score (nSPS) is 17.8. The van der Waals surface area contributed by atoms with Gasteiger partial charge in [-0.3, -0.25) is 4.39 Å². The van der Waals surface area contributed by atoms with E-state index in [1.165, 1.54) is 0 Å². The van der Waals surface area contributed by atoms with Crippen LogP contribution in [0.3, 0.4) is 0 Å². The van der Waals surface area contributed by atoms with Gasteiger partial charge >= 0.3 is 0 Å². The molecule has 0 spiro atoms. The molecule has 0 saturated heterocycles. The summed E-state index contributed by atoms with van der Waals surface area (Å²) in [7, 11) is 0. The Labute approximate surface area is 195 Å². The maximum Gasteiger partial charge on any atom is 0.235 e. The van der Waals surface area contributed by atoms with Gasteiger partial charge in [0.05, 0.1) is 28.1 Å². The van der Waals surface area contributed by atoms with Gasteiger partial charge in [-0.1, -0.05) is 12.1 Å². The molecule has 0 radical (unpaired) electrons. The third-order valence-corrected chi connectivity index (χ3v) is 6.39. The summed E-state index contributed by atoms with van der Waals surface area (Å²) < 4.78 is 34.3. The standard InChI is InChI=1S/C21H26FN5OS.C2H4F2/c1-13-18(20-26-16-5-2-3-6-17(16)29-20)19(25-15-8-7-14(11-15)12-28)27-21(24-13)23-10-4-9-22;1-2(3)4/h2-3,5-6,14-15,28H,4,7-12H2,1H3,(H2,23,24,25,27);2H,1H3/t14?,15-;/m0./s1. The molecule has 1 aromatic carbocycles. The highest BCUT2D eigenvalue weighted by Gasteiger charge is 2.26. The number of nitrogens with zero attached hydrogens (tertiary/aromatic N) is 3. The molecule has 2 heterocycles. The van der Waals surface area contributed by atoms with E-state index in [-0.39, 0.29) is 19.3 Å². The van der Waals surface area contributed by atoms with Crippen LogP contribution in [0.25, 0.3) is 20.8 Å². The Morgan fingerprint density at radius 2 is 1.94 bits per heavy atom. The average molecular weight is 482 g/mol. The van der Waals surface area contributed by atoms with Crippen LogP contribution >= 0.6 is 11.3 Å². The number of alkyl halides is 3. The van der Waals surface area contributed by atoms with Crippen LogP contribution in [0.2, 0.25) is 0 Å². The fourth-order valence-corrected chi connectivity index (χ4v) is 4.89. The van der Waals surface area contributed by atoms with Crippen LogP contribution in [0.4, 0.5) is 24.9 Å². The highest BCUT2D eigenvalue weighted by molar-refractivity contribution is 7.21. The van der Waals surface area contributed by atoms with Crippen molar-refractivity contribution in [3.8, 4) is 10.6 Å². The number of aliphatic hydroxyl groups is 1. The molecule has 0 amide bonds. The molecule has 0 aliphatic heterocycles. The molecule has 1 fully saturated rings. The first kappa shape index (κ1) is 25.2. The third kappa shape index (κ3) is 7.01. The van der Waals surface area contributed by atoms with E-state index in [9.17, 15) is 18.3 Å². The zero-order valence-electron chi connectivity index (χ0n) is 18.8. The van der Waals surface area contributed by atoms with Crippen molar-refractivity contribution in [1.29, 1.82) is 0 Å². The second-order valence-corrected chi connectivity index (χ2v) is 9.06. The summed E-state index contributed by atoms with van der Waals surface area (Å²) in [5, 5.41) is 17.1. The topological polar surface area (TPSA) is 83.0 Å². The van der Waals surface area contributed by atoms with Crippen LogP contribution in [0.1, 0.15) is 38.3 Å². The number of aliphatic hydroxyl groups excluding tert-OH is 1. The lowest BCUT2D eigenvalue weighted by Gasteiger charge is -2.18. The van der Waals surface area contributed by atoms with Crippen LogP contribution in [-0.4, -0.2) is 52.4 Å². The van der Waals surface area contributed by atoms with Crippen molar-refractivity contribution in [2.45, 2.75) is 52.0 Å². The van der Waals surface area contributed by atoms with E-state index >= 15 is 0 Å². The summed E-state index contributed by atoms with van der Waals surface area (Å²) in [6.45, 7) is 3.14. The Morgan fingerprint density at radius 1 is 1.18 bits per heavy atom. The Kier molecular flexibility index (Phi) is 9.25. The van der Waals surface area contributed by atoms with Crippen molar-refractivity contribution in [2.75, 3.05) is 30.5 Å². The summed E-state index contributed by atoms with van der Waals surface area (Å²) in [6, 6.07) is 8.33. The molecule has 0 bridgehead atoms. The Morgan fingerprint density at radius 3 is 2.61 bits per heavy atom. The minimum atomic E-state index is -2.17. The van der Waals surface area contributed by atoms with E-state index in [4.69, 9.17) is 9.97 Å². The third-order valence-electron chi connectivity index (χ3n) is 5.33. The van der Waals surface area contributed by atoms with E-state index in [0.29, 0.717) is 24.8 Å². The highest BCUT2D eigenvalue weighted by Crippen LogP contribution is 2.37. The van der Waals surface area contributed by atoms with Gasteiger partial charge in [0.15, 0.2) is 0 Å². The Balaban J connectivity index is 0.000000709. The number of benzene rings is 1. The molecular weight excluding hydrogens is 451 g/mol. The van der Waals surface area contributed by atoms with Crippen LogP contribution in [0.15, 0.2) is 24.3 Å². The van der Waals surface area contributed by atoms with Crippen molar-refractivity contribution in [1.82, 2.24) is 15.0 Å². The zero-order chi connectivity index (χ0) is 23.8. The van der Waals surface area contributed by atoms with Crippen LogP contribution in [0, 0.1) is 12.8 Å². The smallest absolute Gasteiger partial charge is 0.235 e. The summed E-state index contributed by atoms with van der Waals surface area (Å²) >= 11 is 1.63. The van der Waals surface area contributed by atoms with Gasteiger partial charge in [-0.15, -0.1) is 11.3 Å². The molecular formula is C23H30F3N5OS. The van der Waals surface area contributed by atoms with E-state index in [2.05, 4.69) is 21.7 Å². The first-order chi connectivity index (χ1) is 15.9. The number of nitrogens with one attached hydrogen (secondary N) is 2. The van der Waals surface area contributed by atoms with E-state index in [1.807, 2.05) is 25.1 Å². The van der Waals surface area contributed by atoms with Gasteiger partial charge in [-0.25, -0.2) is 18.7 Å². The molecule has 2 atom stereocenters. The molecule has 1 unspecified atom stereocenters. The van der Waals surface area contributed by atoms with Gasteiger partial charge < -0.3 is 15.7 Å². The van der Waals surface area contributed by atoms with Gasteiger partial charge in [0.25, 0.3) is 0 Å². The molecule has 1 saturated carbocycles. The number of hydrogen-bond acceptors (Lipinski definition) is 7. The maximum atomic E-state index is 12.5. The molecule has 3 N–H and O–H groups in total. The maximum absolute atomic E-state index is 12.5. The van der Waals surface area contributed by atoms with Crippen molar-refractivity contribution in [3.63, 3.8) is 0 Å². The van der Waals surface area contributed by atoms with Gasteiger partial charge in [-0.05, 0) is 57.6 Å². The van der Waals surface area contributed by atoms with Crippen LogP contribution < -0.4 is 10.6 Å². The van der Waals surface area contributed by atoms with Gasteiger partial charge in [0.2, 0.25) is 12.4 Å². The van der Waals surface area contributed by atoms with Crippen LogP contribution in [-0.2, 0) is 0 Å². The second kappa shape index (κ2) is 12.1. The molecule has 33 heavy (non-hydrogen) atoms. The lowest BCUT2D eigenvalue weighted by atomic mass is 10.1. The molecule has 2 aromatic heterocycles. The van der Waals surface area contributed by atoms with E-state index in [0.717, 1.165) is 58.5 Å². The van der Waals surface area contributed by atoms with Gasteiger partial charge in [0, 0.05) is 19.2 Å². The molecule has 3 aromatic rings. The number of rotatable bonds is 8. The lowest BCUT2D eigenvalue weighted by molar-refractivity contribution is 0.171. The molecule has 6 nitrogen and oxygen atoms in total. The van der Waals surface area contributed by atoms with Gasteiger partial charge in [0.1, 0.15) is 10.8 Å². The van der Waals surface area contributed by atoms with E-state index in [1.54, 1.807) is 11.3 Å². The number of fused-ring (bicyclic) bond motifs is 1. The lowest BCUT2D eigenvalue weighted by Crippen LogP contribution is -2.19. The molecule has 1 aliphatic rings. The molecule has 10 heteroatoms. The van der Waals surface area contributed by atoms with Crippen molar-refractivity contribution in [2.24, 2.45) is 5.92 Å². The number of halogens is 3. The second-order valence-electron chi connectivity index (χ2n) is 8.03. The van der Waals surface area contributed by atoms with Crippen molar-refractivity contribution >= 4 is 33.3 Å². The predicted molar refractivity (Wildman–Crippen MR) is 128 cm³/mol. The molecule has 1 aliphatic carbocycles. The predicted octanol–water partition coefficient (Wildman–Crippen LogP) is 5.68. The number of hydrogen-bond donors (Lipinski definition) is 3. The Hall–Kier alpha value is -2.46. The SMILES string of the molecule is CC(F)F.Cc1nc(NCCCF)nc(N[C@H]2CCC(CO)C2)c1-c1nc2ccccc2s1.